The second-order valence-corrected chi connectivity index (χ2v) is 6.85. The third-order valence-corrected chi connectivity index (χ3v) is 4.40. The van der Waals surface area contributed by atoms with Gasteiger partial charge in [0.15, 0.2) is 21.5 Å². The maximum Gasteiger partial charge on any atom is 0.176 e. The van der Waals surface area contributed by atoms with Crippen LogP contribution in [-0.2, 0) is 9.84 Å². The molecular formula is C13H9BrF2O2S. The fourth-order valence-corrected chi connectivity index (χ4v) is 3.17. The highest BCUT2D eigenvalue weighted by Gasteiger charge is 2.17. The Labute approximate surface area is 118 Å². The normalized spacial score (nSPS) is 11.6. The van der Waals surface area contributed by atoms with Gasteiger partial charge in [0.1, 0.15) is 0 Å². The standard InChI is InChI=1S/C13H9BrF2O2S/c1-19(17,18)13-5-3-2-4-8(13)9-6-11(15)12(16)7-10(9)14/h2-7H,1H3. The largest absolute Gasteiger partial charge is 0.224 e. The van der Waals surface area contributed by atoms with Crippen molar-refractivity contribution in [3.05, 3.63) is 52.5 Å². The lowest BCUT2D eigenvalue weighted by atomic mass is 10.1. The number of sulfone groups is 1. The Kier molecular flexibility index (Phi) is 3.73. The molecule has 0 fully saturated rings. The van der Waals surface area contributed by atoms with E-state index in [2.05, 4.69) is 15.9 Å². The van der Waals surface area contributed by atoms with Crippen LogP contribution in [0.5, 0.6) is 0 Å². The first-order chi connectivity index (χ1) is 8.80. The lowest BCUT2D eigenvalue weighted by Crippen LogP contribution is -2.00. The minimum atomic E-state index is -3.46. The van der Waals surface area contributed by atoms with E-state index in [1.54, 1.807) is 18.2 Å². The number of halogens is 3. The predicted molar refractivity (Wildman–Crippen MR) is 72.6 cm³/mol. The highest BCUT2D eigenvalue weighted by atomic mass is 79.9. The van der Waals surface area contributed by atoms with E-state index in [1.165, 1.54) is 6.07 Å². The molecule has 0 bridgehead atoms. The van der Waals surface area contributed by atoms with E-state index in [1.807, 2.05) is 0 Å². The zero-order chi connectivity index (χ0) is 14.2. The third kappa shape index (κ3) is 2.84. The second kappa shape index (κ2) is 5.02. The molecule has 0 spiro atoms. The molecule has 6 heteroatoms. The van der Waals surface area contributed by atoms with Crippen molar-refractivity contribution in [3.8, 4) is 11.1 Å². The summed E-state index contributed by atoms with van der Waals surface area (Å²) in [5.74, 6) is -2.02. The molecule has 0 atom stereocenters. The summed E-state index contributed by atoms with van der Waals surface area (Å²) < 4.78 is 50.1. The van der Waals surface area contributed by atoms with E-state index in [-0.39, 0.29) is 4.90 Å². The predicted octanol–water partition coefficient (Wildman–Crippen LogP) is 3.80. The molecule has 0 N–H and O–H groups in total. The topological polar surface area (TPSA) is 34.1 Å². The number of hydrogen-bond donors (Lipinski definition) is 0. The average molecular weight is 347 g/mol. The van der Waals surface area contributed by atoms with Crippen LogP contribution < -0.4 is 0 Å². The third-order valence-electron chi connectivity index (χ3n) is 2.59. The maximum absolute atomic E-state index is 13.3. The Morgan fingerprint density at radius 3 is 2.21 bits per heavy atom. The Balaban J connectivity index is 2.77. The van der Waals surface area contributed by atoms with E-state index in [0.717, 1.165) is 18.4 Å². The van der Waals surface area contributed by atoms with Crippen LogP contribution >= 0.6 is 15.9 Å². The number of benzene rings is 2. The summed E-state index contributed by atoms with van der Waals surface area (Å²) in [6.45, 7) is 0. The van der Waals surface area contributed by atoms with Crippen LogP contribution in [0.1, 0.15) is 0 Å². The lowest BCUT2D eigenvalue weighted by molar-refractivity contribution is 0.508. The average Bonchev–Trinajstić information content (AvgIpc) is 2.33. The fraction of sp³-hybridized carbons (Fsp3) is 0.0769. The summed E-state index contributed by atoms with van der Waals surface area (Å²) >= 11 is 3.12. The molecule has 2 rings (SSSR count). The van der Waals surface area contributed by atoms with E-state index in [9.17, 15) is 17.2 Å². The molecule has 19 heavy (non-hydrogen) atoms. The SMILES string of the molecule is CS(=O)(=O)c1ccccc1-c1cc(F)c(F)cc1Br. The first-order valence-corrected chi connectivity index (χ1v) is 7.93. The summed E-state index contributed by atoms with van der Waals surface area (Å²) in [6, 6.07) is 8.14. The monoisotopic (exact) mass is 346 g/mol. The highest BCUT2D eigenvalue weighted by molar-refractivity contribution is 9.10. The molecule has 0 radical (unpaired) electrons. The van der Waals surface area contributed by atoms with Crippen molar-refractivity contribution >= 4 is 25.8 Å². The summed E-state index contributed by atoms with van der Waals surface area (Å²) in [4.78, 5) is 0.0710. The van der Waals surface area contributed by atoms with Crippen LogP contribution in [0.3, 0.4) is 0 Å². The molecule has 0 aromatic heterocycles. The van der Waals surface area contributed by atoms with E-state index in [4.69, 9.17) is 0 Å². The highest BCUT2D eigenvalue weighted by Crippen LogP contribution is 2.34. The van der Waals surface area contributed by atoms with Crippen LogP contribution in [0.4, 0.5) is 8.78 Å². The quantitative estimate of drug-likeness (QED) is 0.775. The van der Waals surface area contributed by atoms with Crippen molar-refractivity contribution in [1.82, 2.24) is 0 Å². The van der Waals surface area contributed by atoms with Gasteiger partial charge in [0.05, 0.1) is 4.90 Å². The fourth-order valence-electron chi connectivity index (χ4n) is 1.74. The molecule has 2 nitrogen and oxygen atoms in total. The van der Waals surface area contributed by atoms with Gasteiger partial charge in [-0.25, -0.2) is 17.2 Å². The molecule has 2 aromatic rings. The summed E-state index contributed by atoms with van der Waals surface area (Å²) in [5.41, 5.74) is 0.621. The molecule has 0 saturated carbocycles. The first-order valence-electron chi connectivity index (χ1n) is 5.24. The molecule has 0 heterocycles. The van der Waals surface area contributed by atoms with Crippen molar-refractivity contribution < 1.29 is 17.2 Å². The van der Waals surface area contributed by atoms with Crippen molar-refractivity contribution in [2.45, 2.75) is 4.90 Å². The van der Waals surface area contributed by atoms with Gasteiger partial charge in [0, 0.05) is 21.9 Å². The van der Waals surface area contributed by atoms with E-state index in [0.29, 0.717) is 15.6 Å². The van der Waals surface area contributed by atoms with Gasteiger partial charge < -0.3 is 0 Å². The van der Waals surface area contributed by atoms with Gasteiger partial charge in [-0.05, 0) is 18.2 Å². The summed E-state index contributed by atoms with van der Waals surface area (Å²) in [6.07, 6.45) is 1.07. The van der Waals surface area contributed by atoms with E-state index < -0.39 is 21.5 Å². The van der Waals surface area contributed by atoms with Gasteiger partial charge in [0.25, 0.3) is 0 Å². The molecule has 0 saturated heterocycles. The molecule has 100 valence electrons. The number of hydrogen-bond acceptors (Lipinski definition) is 2. The zero-order valence-electron chi connectivity index (χ0n) is 9.82. The van der Waals surface area contributed by atoms with Crippen molar-refractivity contribution in [2.24, 2.45) is 0 Å². The molecule has 2 aromatic carbocycles. The molecule has 0 aliphatic rings. The Morgan fingerprint density at radius 2 is 1.58 bits per heavy atom. The van der Waals surface area contributed by atoms with Crippen LogP contribution in [-0.4, -0.2) is 14.7 Å². The number of rotatable bonds is 2. The van der Waals surface area contributed by atoms with Gasteiger partial charge in [0.2, 0.25) is 0 Å². The minimum Gasteiger partial charge on any atom is -0.224 e. The van der Waals surface area contributed by atoms with Crippen molar-refractivity contribution in [1.29, 1.82) is 0 Å². The van der Waals surface area contributed by atoms with E-state index >= 15 is 0 Å². The van der Waals surface area contributed by atoms with Crippen LogP contribution in [0.15, 0.2) is 45.8 Å². The Bertz CT molecular complexity index is 742. The lowest BCUT2D eigenvalue weighted by Gasteiger charge is -2.10. The Hall–Kier alpha value is -1.27. The van der Waals surface area contributed by atoms with Crippen LogP contribution in [0.25, 0.3) is 11.1 Å². The van der Waals surface area contributed by atoms with Gasteiger partial charge in [-0.15, -0.1) is 0 Å². The molecule has 0 amide bonds. The summed E-state index contributed by atoms with van der Waals surface area (Å²) in [5, 5.41) is 0. The maximum atomic E-state index is 13.3. The molecule has 0 aliphatic carbocycles. The van der Waals surface area contributed by atoms with Gasteiger partial charge in [-0.1, -0.05) is 34.1 Å². The van der Waals surface area contributed by atoms with Gasteiger partial charge >= 0.3 is 0 Å². The minimum absolute atomic E-state index is 0.0710. The molecule has 0 aliphatic heterocycles. The van der Waals surface area contributed by atoms with Crippen molar-refractivity contribution in [2.75, 3.05) is 6.26 Å². The van der Waals surface area contributed by atoms with Crippen LogP contribution in [0.2, 0.25) is 0 Å². The van der Waals surface area contributed by atoms with Crippen molar-refractivity contribution in [3.63, 3.8) is 0 Å². The summed E-state index contributed by atoms with van der Waals surface area (Å²) in [7, 11) is -3.46. The van der Waals surface area contributed by atoms with Gasteiger partial charge in [-0.2, -0.15) is 0 Å². The zero-order valence-corrected chi connectivity index (χ0v) is 12.2. The van der Waals surface area contributed by atoms with Gasteiger partial charge in [-0.3, -0.25) is 0 Å². The molecular weight excluding hydrogens is 338 g/mol. The first kappa shape index (κ1) is 14.1. The smallest absolute Gasteiger partial charge is 0.176 e. The molecule has 0 unspecified atom stereocenters. The van der Waals surface area contributed by atoms with Crippen LogP contribution in [0, 0.1) is 11.6 Å². The Morgan fingerprint density at radius 1 is 1.00 bits per heavy atom. The second-order valence-electron chi connectivity index (χ2n) is 4.01.